The number of nitrogens with zero attached hydrogens (tertiary/aromatic N) is 1. The summed E-state index contributed by atoms with van der Waals surface area (Å²) in [6.07, 6.45) is 4.69. The molecule has 14 heavy (non-hydrogen) atoms. The van der Waals surface area contributed by atoms with Gasteiger partial charge in [0.15, 0.2) is 0 Å². The average Bonchev–Trinajstić information content (AvgIpc) is 2.63. The fraction of sp³-hybridized carbons (Fsp3) is 1.00. The Bertz CT molecular complexity index is 141. The first-order chi connectivity index (χ1) is 6.88. The minimum atomic E-state index is 0.329. The van der Waals surface area contributed by atoms with Crippen molar-refractivity contribution in [3.8, 4) is 0 Å². The number of hydrogen-bond donors (Lipinski definition) is 1. The van der Waals surface area contributed by atoms with Crippen LogP contribution in [-0.2, 0) is 4.74 Å². The third kappa shape index (κ3) is 3.95. The Morgan fingerprint density at radius 1 is 1.50 bits per heavy atom. The van der Waals surface area contributed by atoms with Crippen LogP contribution in [0.4, 0.5) is 0 Å². The van der Waals surface area contributed by atoms with Crippen LogP contribution in [0.2, 0.25) is 0 Å². The number of likely N-dealkylation sites (tertiary alicyclic amines) is 1. The monoisotopic (exact) mass is 201 g/mol. The summed E-state index contributed by atoms with van der Waals surface area (Å²) >= 11 is 0. The molecule has 1 rings (SSSR count). The molecule has 1 aliphatic heterocycles. The predicted octanol–water partition coefficient (Wildman–Crippen LogP) is 1.26. The van der Waals surface area contributed by atoms with Crippen LogP contribution in [-0.4, -0.2) is 49.0 Å². The zero-order valence-electron chi connectivity index (χ0n) is 9.24. The Hall–Kier alpha value is -0.120. The fourth-order valence-electron chi connectivity index (χ4n) is 2.17. The van der Waals surface area contributed by atoms with Crippen LogP contribution in [0.1, 0.15) is 32.6 Å². The maximum Gasteiger partial charge on any atom is 0.0593 e. The summed E-state index contributed by atoms with van der Waals surface area (Å²) in [7, 11) is 0. The van der Waals surface area contributed by atoms with E-state index in [9.17, 15) is 0 Å². The van der Waals surface area contributed by atoms with Crippen molar-refractivity contribution in [1.29, 1.82) is 0 Å². The number of ether oxygens (including phenoxy) is 1. The van der Waals surface area contributed by atoms with E-state index in [-0.39, 0.29) is 0 Å². The van der Waals surface area contributed by atoms with Gasteiger partial charge >= 0.3 is 0 Å². The predicted molar refractivity (Wildman–Crippen MR) is 57.4 cm³/mol. The van der Waals surface area contributed by atoms with E-state index in [2.05, 4.69) is 4.90 Å². The van der Waals surface area contributed by atoms with Crippen molar-refractivity contribution in [2.45, 2.75) is 38.6 Å². The SMILES string of the molecule is CCOCCN1CCCC1CCCO. The van der Waals surface area contributed by atoms with Gasteiger partial charge in [0.1, 0.15) is 0 Å². The van der Waals surface area contributed by atoms with Gasteiger partial charge < -0.3 is 9.84 Å². The molecule has 1 saturated heterocycles. The van der Waals surface area contributed by atoms with E-state index >= 15 is 0 Å². The maximum absolute atomic E-state index is 8.78. The first-order valence-electron chi connectivity index (χ1n) is 5.81. The molecule has 0 aromatic heterocycles. The molecular formula is C11H23NO2. The van der Waals surface area contributed by atoms with Crippen molar-refractivity contribution in [3.05, 3.63) is 0 Å². The van der Waals surface area contributed by atoms with E-state index in [0.29, 0.717) is 12.6 Å². The quantitative estimate of drug-likeness (QED) is 0.629. The summed E-state index contributed by atoms with van der Waals surface area (Å²) in [5, 5.41) is 8.78. The number of rotatable bonds is 7. The third-order valence-corrected chi connectivity index (χ3v) is 2.92. The molecule has 84 valence electrons. The van der Waals surface area contributed by atoms with Gasteiger partial charge in [-0.25, -0.2) is 0 Å². The van der Waals surface area contributed by atoms with E-state index in [1.807, 2.05) is 6.92 Å². The van der Waals surface area contributed by atoms with Crippen LogP contribution < -0.4 is 0 Å². The van der Waals surface area contributed by atoms with E-state index in [4.69, 9.17) is 9.84 Å². The standard InChI is InChI=1S/C11H23NO2/c1-2-14-10-8-12-7-3-5-11(12)6-4-9-13/h11,13H,2-10H2,1H3. The fourth-order valence-corrected chi connectivity index (χ4v) is 2.17. The highest BCUT2D eigenvalue weighted by Crippen LogP contribution is 2.20. The average molecular weight is 201 g/mol. The van der Waals surface area contributed by atoms with Crippen molar-refractivity contribution < 1.29 is 9.84 Å². The normalized spacial score (nSPS) is 23.1. The van der Waals surface area contributed by atoms with Gasteiger partial charge in [0.05, 0.1) is 6.61 Å². The lowest BCUT2D eigenvalue weighted by Crippen LogP contribution is -2.32. The van der Waals surface area contributed by atoms with Gasteiger partial charge in [0.25, 0.3) is 0 Å². The minimum Gasteiger partial charge on any atom is -0.396 e. The molecule has 0 aromatic carbocycles. The Balaban J connectivity index is 2.14. The molecule has 3 heteroatoms. The Kier molecular flexibility index (Phi) is 6.15. The number of hydrogen-bond acceptors (Lipinski definition) is 3. The summed E-state index contributed by atoms with van der Waals surface area (Å²) < 4.78 is 5.36. The molecule has 0 spiro atoms. The Morgan fingerprint density at radius 2 is 2.36 bits per heavy atom. The van der Waals surface area contributed by atoms with E-state index in [1.54, 1.807) is 0 Å². The molecule has 0 amide bonds. The van der Waals surface area contributed by atoms with Crippen LogP contribution in [0, 0.1) is 0 Å². The van der Waals surface area contributed by atoms with E-state index in [1.165, 1.54) is 19.4 Å². The van der Waals surface area contributed by atoms with Gasteiger partial charge in [-0.05, 0) is 39.2 Å². The van der Waals surface area contributed by atoms with E-state index < -0.39 is 0 Å². The molecule has 1 N–H and O–H groups in total. The third-order valence-electron chi connectivity index (χ3n) is 2.92. The highest BCUT2D eigenvalue weighted by molar-refractivity contribution is 4.78. The minimum absolute atomic E-state index is 0.329. The summed E-state index contributed by atoms with van der Waals surface area (Å²) in [5.41, 5.74) is 0. The topological polar surface area (TPSA) is 32.7 Å². The molecule has 3 nitrogen and oxygen atoms in total. The van der Waals surface area contributed by atoms with Gasteiger partial charge in [-0.15, -0.1) is 0 Å². The second-order valence-electron chi connectivity index (χ2n) is 3.89. The van der Waals surface area contributed by atoms with Crippen molar-refractivity contribution in [2.24, 2.45) is 0 Å². The number of aliphatic hydroxyl groups excluding tert-OH is 1. The lowest BCUT2D eigenvalue weighted by atomic mass is 10.1. The van der Waals surface area contributed by atoms with Crippen LogP contribution in [0.5, 0.6) is 0 Å². The molecule has 0 bridgehead atoms. The first kappa shape index (κ1) is 12.0. The zero-order valence-corrected chi connectivity index (χ0v) is 9.24. The van der Waals surface area contributed by atoms with Gasteiger partial charge in [-0.3, -0.25) is 4.90 Å². The maximum atomic E-state index is 8.78. The molecule has 1 unspecified atom stereocenters. The summed E-state index contributed by atoms with van der Waals surface area (Å²) in [4.78, 5) is 2.51. The molecule has 1 heterocycles. The summed E-state index contributed by atoms with van der Waals surface area (Å²) in [6, 6.07) is 0.697. The van der Waals surface area contributed by atoms with Crippen molar-refractivity contribution in [2.75, 3.05) is 32.9 Å². The van der Waals surface area contributed by atoms with Crippen LogP contribution in [0.25, 0.3) is 0 Å². The lowest BCUT2D eigenvalue weighted by Gasteiger charge is -2.23. The van der Waals surface area contributed by atoms with Gasteiger partial charge in [0, 0.05) is 25.8 Å². The van der Waals surface area contributed by atoms with Crippen LogP contribution >= 0.6 is 0 Å². The van der Waals surface area contributed by atoms with Crippen molar-refractivity contribution in [1.82, 2.24) is 4.90 Å². The van der Waals surface area contributed by atoms with Crippen molar-refractivity contribution in [3.63, 3.8) is 0 Å². The van der Waals surface area contributed by atoms with Gasteiger partial charge in [-0.2, -0.15) is 0 Å². The van der Waals surface area contributed by atoms with Crippen molar-refractivity contribution >= 4 is 0 Å². The molecule has 0 saturated carbocycles. The Morgan fingerprint density at radius 3 is 3.07 bits per heavy atom. The molecule has 1 aliphatic rings. The van der Waals surface area contributed by atoms with Gasteiger partial charge in [0.2, 0.25) is 0 Å². The molecule has 1 fully saturated rings. The smallest absolute Gasteiger partial charge is 0.0593 e. The second-order valence-corrected chi connectivity index (χ2v) is 3.89. The number of aliphatic hydroxyl groups is 1. The van der Waals surface area contributed by atoms with Crippen LogP contribution in [0.3, 0.4) is 0 Å². The molecule has 0 radical (unpaired) electrons. The molecule has 0 aliphatic carbocycles. The zero-order chi connectivity index (χ0) is 10.2. The molecular weight excluding hydrogens is 178 g/mol. The highest BCUT2D eigenvalue weighted by Gasteiger charge is 2.22. The largest absolute Gasteiger partial charge is 0.396 e. The second kappa shape index (κ2) is 7.21. The molecule has 1 atom stereocenters. The van der Waals surface area contributed by atoms with Gasteiger partial charge in [-0.1, -0.05) is 0 Å². The Labute approximate surface area is 87.1 Å². The van der Waals surface area contributed by atoms with E-state index in [0.717, 1.165) is 32.6 Å². The van der Waals surface area contributed by atoms with Crippen LogP contribution in [0.15, 0.2) is 0 Å². The summed E-state index contributed by atoms with van der Waals surface area (Å²) in [6.45, 7) is 6.30. The summed E-state index contributed by atoms with van der Waals surface area (Å²) in [5.74, 6) is 0. The lowest BCUT2D eigenvalue weighted by molar-refractivity contribution is 0.105. The molecule has 0 aromatic rings. The first-order valence-corrected chi connectivity index (χ1v) is 5.81. The highest BCUT2D eigenvalue weighted by atomic mass is 16.5.